The van der Waals surface area contributed by atoms with E-state index in [4.69, 9.17) is 5.73 Å². The first-order valence-electron chi connectivity index (χ1n) is 7.06. The van der Waals surface area contributed by atoms with E-state index in [1.165, 1.54) is 23.4 Å². The van der Waals surface area contributed by atoms with Gasteiger partial charge < -0.3 is 15.5 Å². The van der Waals surface area contributed by atoms with Crippen LogP contribution in [0.5, 0.6) is 0 Å². The second-order valence-electron chi connectivity index (χ2n) is 5.04. The first-order valence-corrected chi connectivity index (χ1v) is 7.06. The van der Waals surface area contributed by atoms with E-state index in [0.29, 0.717) is 0 Å². The monoisotopic (exact) mass is 247 g/mol. The van der Waals surface area contributed by atoms with Crippen molar-refractivity contribution < 1.29 is 0 Å². The molecule has 0 fully saturated rings. The van der Waals surface area contributed by atoms with Gasteiger partial charge in [-0.3, -0.25) is 0 Å². The van der Waals surface area contributed by atoms with E-state index in [0.717, 1.165) is 39.0 Å². The van der Waals surface area contributed by atoms with E-state index < -0.39 is 0 Å². The summed E-state index contributed by atoms with van der Waals surface area (Å²) in [6.07, 6.45) is 3.39. The van der Waals surface area contributed by atoms with Gasteiger partial charge in [0.15, 0.2) is 0 Å². The normalized spacial score (nSPS) is 15.5. The van der Waals surface area contributed by atoms with Crippen LogP contribution in [-0.2, 0) is 6.42 Å². The van der Waals surface area contributed by atoms with E-state index in [2.05, 4.69) is 42.0 Å². The summed E-state index contributed by atoms with van der Waals surface area (Å²) >= 11 is 0. The quantitative estimate of drug-likeness (QED) is 0.885. The molecule has 1 aromatic carbocycles. The average Bonchev–Trinajstić information content (AvgIpc) is 2.56. The van der Waals surface area contributed by atoms with Gasteiger partial charge in [0, 0.05) is 26.7 Å². The Hall–Kier alpha value is -1.22. The molecule has 0 spiro atoms. The number of hydrogen-bond acceptors (Lipinski definition) is 3. The highest BCUT2D eigenvalue weighted by molar-refractivity contribution is 5.75. The van der Waals surface area contributed by atoms with Crippen molar-refractivity contribution >= 4 is 11.4 Å². The second-order valence-corrected chi connectivity index (χ2v) is 5.04. The molecule has 0 unspecified atom stereocenters. The van der Waals surface area contributed by atoms with E-state index in [1.54, 1.807) is 0 Å². The Balaban J connectivity index is 2.38. The molecule has 1 aliphatic rings. The Morgan fingerprint density at radius 3 is 2.83 bits per heavy atom. The van der Waals surface area contributed by atoms with E-state index in [9.17, 15) is 0 Å². The standard InChI is InChI=1S/C15H25N3/c1-3-13-7-4-8-14-15(13)18(11-5-9-16)12-6-10-17(14)2/h4,7-8H,3,5-6,9-12,16H2,1-2H3. The maximum Gasteiger partial charge on any atom is 0.0636 e. The van der Waals surface area contributed by atoms with Gasteiger partial charge in [0.05, 0.1) is 11.4 Å². The molecule has 2 N–H and O–H groups in total. The lowest BCUT2D eigenvalue weighted by Gasteiger charge is -2.28. The van der Waals surface area contributed by atoms with Gasteiger partial charge in [0.2, 0.25) is 0 Å². The summed E-state index contributed by atoms with van der Waals surface area (Å²) in [5, 5.41) is 0. The van der Waals surface area contributed by atoms with Crippen LogP contribution in [0.4, 0.5) is 11.4 Å². The topological polar surface area (TPSA) is 32.5 Å². The molecule has 0 bridgehead atoms. The number of anilines is 2. The molecule has 3 nitrogen and oxygen atoms in total. The van der Waals surface area contributed by atoms with Crippen molar-refractivity contribution in [3.63, 3.8) is 0 Å². The van der Waals surface area contributed by atoms with Gasteiger partial charge in [-0.2, -0.15) is 0 Å². The van der Waals surface area contributed by atoms with Gasteiger partial charge in [0.25, 0.3) is 0 Å². The molecule has 3 heteroatoms. The van der Waals surface area contributed by atoms with Crippen molar-refractivity contribution in [1.82, 2.24) is 0 Å². The number of fused-ring (bicyclic) bond motifs is 1. The third kappa shape index (κ3) is 2.61. The minimum absolute atomic E-state index is 0.774. The molecule has 0 atom stereocenters. The van der Waals surface area contributed by atoms with Crippen molar-refractivity contribution in [3.8, 4) is 0 Å². The molecule has 1 aromatic rings. The lowest BCUT2D eigenvalue weighted by molar-refractivity contribution is 0.708. The summed E-state index contributed by atoms with van der Waals surface area (Å²) in [6, 6.07) is 6.68. The number of rotatable bonds is 4. The molecule has 1 aliphatic heterocycles. The number of nitrogens with two attached hydrogens (primary N) is 1. The summed E-state index contributed by atoms with van der Waals surface area (Å²) in [7, 11) is 2.20. The van der Waals surface area contributed by atoms with Crippen molar-refractivity contribution in [2.24, 2.45) is 5.73 Å². The number of nitrogens with zero attached hydrogens (tertiary/aromatic N) is 2. The lowest BCUT2D eigenvalue weighted by Crippen LogP contribution is -2.27. The highest BCUT2D eigenvalue weighted by Crippen LogP contribution is 2.35. The van der Waals surface area contributed by atoms with Gasteiger partial charge in [-0.05, 0) is 37.4 Å². The number of hydrogen-bond donors (Lipinski definition) is 1. The molecule has 0 aromatic heterocycles. The largest absolute Gasteiger partial charge is 0.373 e. The van der Waals surface area contributed by atoms with Gasteiger partial charge in [0.1, 0.15) is 0 Å². The van der Waals surface area contributed by atoms with Crippen molar-refractivity contribution in [1.29, 1.82) is 0 Å². The van der Waals surface area contributed by atoms with Crippen LogP contribution in [-0.4, -0.2) is 33.2 Å². The number of para-hydroxylation sites is 1. The summed E-state index contributed by atoms with van der Waals surface area (Å²) < 4.78 is 0. The smallest absolute Gasteiger partial charge is 0.0636 e. The zero-order valence-corrected chi connectivity index (χ0v) is 11.7. The Labute approximate surface area is 111 Å². The number of benzene rings is 1. The van der Waals surface area contributed by atoms with E-state index >= 15 is 0 Å². The fourth-order valence-electron chi connectivity index (χ4n) is 2.77. The fourth-order valence-corrected chi connectivity index (χ4v) is 2.77. The van der Waals surface area contributed by atoms with E-state index in [-0.39, 0.29) is 0 Å². The first-order chi connectivity index (χ1) is 8.77. The molecule has 2 rings (SSSR count). The molecule has 0 radical (unpaired) electrons. The van der Waals surface area contributed by atoms with Crippen molar-refractivity contribution in [2.75, 3.05) is 43.0 Å². The molecule has 100 valence electrons. The Morgan fingerprint density at radius 2 is 2.11 bits per heavy atom. The summed E-state index contributed by atoms with van der Waals surface area (Å²) in [4.78, 5) is 4.92. The van der Waals surface area contributed by atoms with Crippen LogP contribution < -0.4 is 15.5 Å². The Morgan fingerprint density at radius 1 is 1.28 bits per heavy atom. The van der Waals surface area contributed by atoms with Gasteiger partial charge in [-0.1, -0.05) is 19.1 Å². The van der Waals surface area contributed by atoms with Crippen molar-refractivity contribution in [2.45, 2.75) is 26.2 Å². The maximum absolute atomic E-state index is 5.67. The third-order valence-corrected chi connectivity index (χ3v) is 3.76. The molecular formula is C15H25N3. The van der Waals surface area contributed by atoms with Crippen LogP contribution in [0.15, 0.2) is 18.2 Å². The van der Waals surface area contributed by atoms with Gasteiger partial charge >= 0.3 is 0 Å². The number of aryl methyl sites for hydroxylation is 1. The van der Waals surface area contributed by atoms with Crippen LogP contribution in [0.2, 0.25) is 0 Å². The third-order valence-electron chi connectivity index (χ3n) is 3.76. The fraction of sp³-hybridized carbons (Fsp3) is 0.600. The first kappa shape index (κ1) is 13.2. The predicted octanol–water partition coefficient (Wildman–Crippen LogP) is 2.24. The summed E-state index contributed by atoms with van der Waals surface area (Å²) in [5.41, 5.74) is 9.94. The summed E-state index contributed by atoms with van der Waals surface area (Å²) in [6.45, 7) is 6.37. The molecule has 0 saturated carbocycles. The van der Waals surface area contributed by atoms with Crippen LogP contribution in [0, 0.1) is 0 Å². The summed E-state index contributed by atoms with van der Waals surface area (Å²) in [5.74, 6) is 0. The van der Waals surface area contributed by atoms with Crippen LogP contribution >= 0.6 is 0 Å². The van der Waals surface area contributed by atoms with Crippen LogP contribution in [0.1, 0.15) is 25.3 Å². The van der Waals surface area contributed by atoms with Gasteiger partial charge in [-0.15, -0.1) is 0 Å². The molecule has 0 aliphatic carbocycles. The minimum Gasteiger partial charge on any atom is -0.373 e. The molecule has 18 heavy (non-hydrogen) atoms. The van der Waals surface area contributed by atoms with Crippen molar-refractivity contribution in [3.05, 3.63) is 23.8 Å². The molecule has 0 saturated heterocycles. The van der Waals surface area contributed by atoms with Crippen LogP contribution in [0.25, 0.3) is 0 Å². The zero-order chi connectivity index (χ0) is 13.0. The Kier molecular flexibility index (Phi) is 4.48. The lowest BCUT2D eigenvalue weighted by atomic mass is 10.1. The molecule has 0 amide bonds. The average molecular weight is 247 g/mol. The highest BCUT2D eigenvalue weighted by atomic mass is 15.2. The highest BCUT2D eigenvalue weighted by Gasteiger charge is 2.20. The Bertz CT molecular complexity index is 389. The zero-order valence-electron chi connectivity index (χ0n) is 11.7. The SMILES string of the molecule is CCc1cccc2c1N(CCCN)CCCN2C. The second kappa shape index (κ2) is 6.10. The van der Waals surface area contributed by atoms with E-state index in [1.807, 2.05) is 0 Å². The molecule has 1 heterocycles. The maximum atomic E-state index is 5.67. The van der Waals surface area contributed by atoms with Crippen LogP contribution in [0.3, 0.4) is 0 Å². The van der Waals surface area contributed by atoms with Gasteiger partial charge in [-0.25, -0.2) is 0 Å². The minimum atomic E-state index is 0.774. The predicted molar refractivity (Wildman–Crippen MR) is 79.6 cm³/mol. The molecular weight excluding hydrogens is 222 g/mol.